The quantitative estimate of drug-likeness (QED) is 0.675. The molecule has 0 aliphatic carbocycles. The predicted molar refractivity (Wildman–Crippen MR) is 71.2 cm³/mol. The highest BCUT2D eigenvalue weighted by Crippen LogP contribution is 2.14. The van der Waals surface area contributed by atoms with Gasteiger partial charge in [0, 0.05) is 6.20 Å². The Labute approximate surface area is 114 Å². The van der Waals surface area contributed by atoms with Crippen molar-refractivity contribution in [1.29, 1.82) is 0 Å². The van der Waals surface area contributed by atoms with Crippen LogP contribution in [-0.4, -0.2) is 25.6 Å². The van der Waals surface area contributed by atoms with Gasteiger partial charge in [0.05, 0.1) is 4.92 Å². The second kappa shape index (κ2) is 5.47. The molecule has 0 aliphatic heterocycles. The number of amides is 1. The number of rotatable bonds is 4. The van der Waals surface area contributed by atoms with Gasteiger partial charge < -0.3 is 5.32 Å². The lowest BCUT2D eigenvalue weighted by atomic mass is 10.3. The summed E-state index contributed by atoms with van der Waals surface area (Å²) in [7, 11) is 0. The molecule has 8 nitrogen and oxygen atoms in total. The van der Waals surface area contributed by atoms with E-state index in [0.29, 0.717) is 5.82 Å². The topological polar surface area (TPSA) is 103 Å². The lowest BCUT2D eigenvalue weighted by Gasteiger charge is -2.11. The van der Waals surface area contributed by atoms with Crippen LogP contribution in [0.5, 0.6) is 0 Å². The van der Waals surface area contributed by atoms with Gasteiger partial charge in [0.15, 0.2) is 0 Å². The van der Waals surface area contributed by atoms with Gasteiger partial charge in [-0.2, -0.15) is 5.10 Å². The summed E-state index contributed by atoms with van der Waals surface area (Å²) in [6.07, 6.45) is 3.91. The monoisotopic (exact) mass is 275 g/mol. The van der Waals surface area contributed by atoms with Crippen LogP contribution >= 0.6 is 0 Å². The fourth-order valence-electron chi connectivity index (χ4n) is 1.59. The zero-order chi connectivity index (χ0) is 14.7. The van der Waals surface area contributed by atoms with E-state index in [-0.39, 0.29) is 11.6 Å². The highest BCUT2D eigenvalue weighted by molar-refractivity contribution is 5.92. The van der Waals surface area contributed by atoms with Gasteiger partial charge in [0.25, 0.3) is 0 Å². The highest BCUT2D eigenvalue weighted by Gasteiger charge is 2.19. The molecule has 20 heavy (non-hydrogen) atoms. The molecule has 1 amide bonds. The first-order valence-corrected chi connectivity index (χ1v) is 5.89. The van der Waals surface area contributed by atoms with Gasteiger partial charge in [-0.15, -0.1) is 0 Å². The Morgan fingerprint density at radius 3 is 2.90 bits per heavy atom. The average Bonchev–Trinajstić information content (AvgIpc) is 2.87. The SMILES string of the molecule is Cc1ccnc(NC(=O)[C@H](C)n2cc([N+](=O)[O-])cn2)c1. The molecule has 1 N–H and O–H groups in total. The molecule has 0 aromatic carbocycles. The number of nitrogens with zero attached hydrogens (tertiary/aromatic N) is 4. The highest BCUT2D eigenvalue weighted by atomic mass is 16.6. The number of pyridine rings is 1. The minimum absolute atomic E-state index is 0.154. The summed E-state index contributed by atoms with van der Waals surface area (Å²) in [6.45, 7) is 3.49. The van der Waals surface area contributed by atoms with Gasteiger partial charge in [-0.05, 0) is 31.5 Å². The molecule has 2 heterocycles. The zero-order valence-electron chi connectivity index (χ0n) is 11.0. The maximum atomic E-state index is 12.0. The molecule has 8 heteroatoms. The molecule has 0 radical (unpaired) electrons. The van der Waals surface area contributed by atoms with E-state index in [2.05, 4.69) is 15.4 Å². The first kappa shape index (κ1) is 13.7. The van der Waals surface area contributed by atoms with Crippen molar-refractivity contribution in [2.45, 2.75) is 19.9 Å². The number of hydrogen-bond donors (Lipinski definition) is 1. The van der Waals surface area contributed by atoms with Crippen LogP contribution in [0.4, 0.5) is 11.5 Å². The lowest BCUT2D eigenvalue weighted by molar-refractivity contribution is -0.385. The number of aryl methyl sites for hydroxylation is 1. The van der Waals surface area contributed by atoms with E-state index in [1.54, 1.807) is 19.2 Å². The molecule has 0 aliphatic rings. The molecular formula is C12H13N5O3. The third-order valence-electron chi connectivity index (χ3n) is 2.74. The summed E-state index contributed by atoms with van der Waals surface area (Å²) >= 11 is 0. The molecule has 1 atom stereocenters. The largest absolute Gasteiger partial charge is 0.309 e. The Morgan fingerprint density at radius 2 is 2.30 bits per heavy atom. The maximum absolute atomic E-state index is 12.0. The van der Waals surface area contributed by atoms with E-state index in [1.807, 2.05) is 13.0 Å². The molecule has 104 valence electrons. The standard InChI is InChI=1S/C12H13N5O3/c1-8-3-4-13-11(5-8)15-12(18)9(2)16-7-10(6-14-16)17(19)20/h3-7,9H,1-2H3,(H,13,15,18)/t9-/m0/s1. The van der Waals surface area contributed by atoms with Crippen LogP contribution in [0.3, 0.4) is 0 Å². The van der Waals surface area contributed by atoms with E-state index in [1.165, 1.54) is 10.9 Å². The lowest BCUT2D eigenvalue weighted by Crippen LogP contribution is -2.24. The van der Waals surface area contributed by atoms with Crippen LogP contribution in [0.2, 0.25) is 0 Å². The van der Waals surface area contributed by atoms with E-state index in [9.17, 15) is 14.9 Å². The first-order valence-electron chi connectivity index (χ1n) is 5.89. The van der Waals surface area contributed by atoms with Gasteiger partial charge in [0.1, 0.15) is 24.3 Å². The third kappa shape index (κ3) is 2.97. The molecule has 2 aromatic heterocycles. The summed E-state index contributed by atoms with van der Waals surface area (Å²) < 4.78 is 1.24. The summed E-state index contributed by atoms with van der Waals surface area (Å²) in [5.41, 5.74) is 0.816. The van der Waals surface area contributed by atoms with Crippen LogP contribution in [0, 0.1) is 17.0 Å². The normalized spacial score (nSPS) is 11.9. The van der Waals surface area contributed by atoms with Crippen molar-refractivity contribution in [2.75, 3.05) is 5.32 Å². The Hall–Kier alpha value is -2.77. The van der Waals surface area contributed by atoms with Crippen molar-refractivity contribution in [2.24, 2.45) is 0 Å². The van der Waals surface area contributed by atoms with E-state index < -0.39 is 11.0 Å². The molecule has 2 aromatic rings. The van der Waals surface area contributed by atoms with Crippen LogP contribution in [0.1, 0.15) is 18.5 Å². The van der Waals surface area contributed by atoms with Gasteiger partial charge in [-0.25, -0.2) is 4.98 Å². The number of carbonyl (C=O) groups excluding carboxylic acids is 1. The number of anilines is 1. The van der Waals surface area contributed by atoms with E-state index >= 15 is 0 Å². The second-order valence-electron chi connectivity index (χ2n) is 4.32. The van der Waals surface area contributed by atoms with Crippen LogP contribution in [0.25, 0.3) is 0 Å². The number of nitrogens with one attached hydrogen (secondary N) is 1. The Bertz CT molecular complexity index is 652. The average molecular weight is 275 g/mol. The van der Waals surface area contributed by atoms with Crippen LogP contribution in [-0.2, 0) is 4.79 Å². The molecule has 2 rings (SSSR count). The molecule has 0 saturated heterocycles. The molecule has 0 bridgehead atoms. The van der Waals surface area contributed by atoms with Crippen LogP contribution in [0.15, 0.2) is 30.7 Å². The summed E-state index contributed by atoms with van der Waals surface area (Å²) in [5, 5.41) is 17.0. The Balaban J connectivity index is 2.10. The van der Waals surface area contributed by atoms with Crippen molar-refractivity contribution in [3.8, 4) is 0 Å². The third-order valence-corrected chi connectivity index (χ3v) is 2.74. The van der Waals surface area contributed by atoms with E-state index in [0.717, 1.165) is 11.8 Å². The summed E-state index contributed by atoms with van der Waals surface area (Å²) in [6, 6.07) is 2.87. The van der Waals surface area contributed by atoms with Gasteiger partial charge in [0.2, 0.25) is 5.91 Å². The molecule has 0 spiro atoms. The van der Waals surface area contributed by atoms with Gasteiger partial charge in [-0.1, -0.05) is 0 Å². The second-order valence-corrected chi connectivity index (χ2v) is 4.32. The molecule has 0 fully saturated rings. The smallest absolute Gasteiger partial charge is 0.307 e. The van der Waals surface area contributed by atoms with Gasteiger partial charge in [-0.3, -0.25) is 19.6 Å². The minimum atomic E-state index is -0.675. The predicted octanol–water partition coefficient (Wildman–Crippen LogP) is 1.69. The summed E-state index contributed by atoms with van der Waals surface area (Å²) in [5.74, 6) is 0.0876. The van der Waals surface area contributed by atoms with Crippen molar-refractivity contribution in [1.82, 2.24) is 14.8 Å². The number of aromatic nitrogens is 3. The Kier molecular flexibility index (Phi) is 3.74. The fourth-order valence-corrected chi connectivity index (χ4v) is 1.59. The van der Waals surface area contributed by atoms with E-state index in [4.69, 9.17) is 0 Å². The van der Waals surface area contributed by atoms with Crippen molar-refractivity contribution in [3.05, 3.63) is 46.4 Å². The Morgan fingerprint density at radius 1 is 1.55 bits per heavy atom. The van der Waals surface area contributed by atoms with Gasteiger partial charge >= 0.3 is 5.69 Å². The van der Waals surface area contributed by atoms with Crippen molar-refractivity contribution >= 4 is 17.4 Å². The minimum Gasteiger partial charge on any atom is -0.309 e. The number of hydrogen-bond acceptors (Lipinski definition) is 5. The zero-order valence-corrected chi connectivity index (χ0v) is 11.0. The molecule has 0 saturated carbocycles. The first-order chi connectivity index (χ1) is 9.47. The maximum Gasteiger partial charge on any atom is 0.307 e. The summed E-state index contributed by atoms with van der Waals surface area (Å²) in [4.78, 5) is 26.1. The number of carbonyl (C=O) groups is 1. The number of nitro groups is 1. The van der Waals surface area contributed by atoms with Crippen molar-refractivity contribution < 1.29 is 9.72 Å². The molecular weight excluding hydrogens is 262 g/mol. The fraction of sp³-hybridized carbons (Fsp3) is 0.250. The van der Waals surface area contributed by atoms with Crippen LogP contribution < -0.4 is 5.32 Å². The molecule has 0 unspecified atom stereocenters. The van der Waals surface area contributed by atoms with Crippen molar-refractivity contribution in [3.63, 3.8) is 0 Å².